The standard InChI is InChI=1S/C30H21F3O3/c1-2-3-18-4-6-20(7-5-18)23-14-15-25(29(33)28(23)32)30(34)36-22-11-8-19(9-12-22)21-10-13-24(26(31)16-21)27-17-35-27/h2-16,27H,17H2,1H3/b3-2+. The van der Waals surface area contributed by atoms with Crippen LogP contribution in [-0.4, -0.2) is 12.6 Å². The summed E-state index contributed by atoms with van der Waals surface area (Å²) < 4.78 is 54.3. The van der Waals surface area contributed by atoms with E-state index in [0.717, 1.165) is 5.56 Å². The van der Waals surface area contributed by atoms with Crippen LogP contribution in [0.4, 0.5) is 13.2 Å². The van der Waals surface area contributed by atoms with Crippen LogP contribution in [0.5, 0.6) is 5.75 Å². The molecule has 36 heavy (non-hydrogen) atoms. The van der Waals surface area contributed by atoms with Gasteiger partial charge in [0, 0.05) is 11.1 Å². The van der Waals surface area contributed by atoms with Gasteiger partial charge in [0.15, 0.2) is 11.6 Å². The maximum absolute atomic E-state index is 14.8. The lowest BCUT2D eigenvalue weighted by Crippen LogP contribution is -2.12. The number of ether oxygens (including phenoxy) is 2. The zero-order valence-corrected chi connectivity index (χ0v) is 19.3. The Morgan fingerprint density at radius 3 is 2.17 bits per heavy atom. The molecule has 0 aliphatic carbocycles. The Labute approximate surface area is 206 Å². The molecule has 0 radical (unpaired) electrons. The van der Waals surface area contributed by atoms with Crippen LogP contribution in [0.1, 0.15) is 34.5 Å². The summed E-state index contributed by atoms with van der Waals surface area (Å²) in [5, 5.41) is 0. The fourth-order valence-electron chi connectivity index (χ4n) is 3.97. The van der Waals surface area contributed by atoms with Crippen LogP contribution in [-0.2, 0) is 4.74 Å². The van der Waals surface area contributed by atoms with Gasteiger partial charge in [-0.25, -0.2) is 18.0 Å². The normalized spacial score (nSPS) is 14.7. The Kier molecular flexibility index (Phi) is 6.44. The monoisotopic (exact) mass is 486 g/mol. The topological polar surface area (TPSA) is 38.8 Å². The lowest BCUT2D eigenvalue weighted by molar-refractivity contribution is 0.0728. The van der Waals surface area contributed by atoms with Gasteiger partial charge in [0.25, 0.3) is 0 Å². The first kappa shape index (κ1) is 23.6. The number of hydrogen-bond donors (Lipinski definition) is 0. The second kappa shape index (κ2) is 9.84. The molecule has 1 unspecified atom stereocenters. The largest absolute Gasteiger partial charge is 0.423 e. The van der Waals surface area contributed by atoms with Crippen molar-refractivity contribution in [3.63, 3.8) is 0 Å². The summed E-state index contributed by atoms with van der Waals surface area (Å²) in [6.07, 6.45) is 3.60. The van der Waals surface area contributed by atoms with Gasteiger partial charge in [-0.3, -0.25) is 0 Å². The summed E-state index contributed by atoms with van der Waals surface area (Å²) in [6.45, 7) is 2.41. The predicted octanol–water partition coefficient (Wildman–Crippen LogP) is 7.76. The highest BCUT2D eigenvalue weighted by Crippen LogP contribution is 2.34. The van der Waals surface area contributed by atoms with Crippen molar-refractivity contribution in [3.8, 4) is 28.0 Å². The second-order valence-corrected chi connectivity index (χ2v) is 8.38. The molecule has 1 aliphatic heterocycles. The Morgan fingerprint density at radius 2 is 1.53 bits per heavy atom. The number of carbonyl (C=O) groups excluding carboxylic acids is 1. The molecule has 4 aromatic carbocycles. The van der Waals surface area contributed by atoms with Crippen molar-refractivity contribution in [2.24, 2.45) is 0 Å². The number of carbonyl (C=O) groups is 1. The molecule has 1 saturated heterocycles. The average Bonchev–Trinajstić information content (AvgIpc) is 3.72. The number of hydrogen-bond acceptors (Lipinski definition) is 3. The molecule has 0 amide bonds. The highest BCUT2D eigenvalue weighted by atomic mass is 19.2. The third kappa shape index (κ3) is 4.81. The molecule has 3 nitrogen and oxygen atoms in total. The predicted molar refractivity (Wildman–Crippen MR) is 132 cm³/mol. The van der Waals surface area contributed by atoms with E-state index >= 15 is 0 Å². The van der Waals surface area contributed by atoms with Crippen LogP contribution >= 0.6 is 0 Å². The summed E-state index contributed by atoms with van der Waals surface area (Å²) in [6, 6.07) is 20.8. The van der Waals surface area contributed by atoms with E-state index in [1.54, 1.807) is 48.5 Å². The third-order valence-corrected chi connectivity index (χ3v) is 5.96. The molecule has 5 rings (SSSR count). The van der Waals surface area contributed by atoms with Crippen molar-refractivity contribution in [2.75, 3.05) is 6.61 Å². The van der Waals surface area contributed by atoms with Gasteiger partial charge < -0.3 is 9.47 Å². The van der Waals surface area contributed by atoms with Gasteiger partial charge in [-0.15, -0.1) is 0 Å². The van der Waals surface area contributed by atoms with Crippen LogP contribution in [0, 0.1) is 17.5 Å². The molecule has 180 valence electrons. The highest BCUT2D eigenvalue weighted by Gasteiger charge is 2.28. The van der Waals surface area contributed by atoms with E-state index in [9.17, 15) is 18.0 Å². The smallest absolute Gasteiger partial charge is 0.346 e. The van der Waals surface area contributed by atoms with Crippen molar-refractivity contribution in [1.82, 2.24) is 0 Å². The Bertz CT molecular complexity index is 1450. The van der Waals surface area contributed by atoms with Crippen LogP contribution in [0.25, 0.3) is 28.3 Å². The van der Waals surface area contributed by atoms with E-state index in [4.69, 9.17) is 9.47 Å². The van der Waals surface area contributed by atoms with E-state index in [1.165, 1.54) is 30.3 Å². The molecule has 0 saturated carbocycles. The van der Waals surface area contributed by atoms with Crippen LogP contribution in [0.3, 0.4) is 0 Å². The van der Waals surface area contributed by atoms with Crippen LogP contribution in [0.2, 0.25) is 0 Å². The molecular weight excluding hydrogens is 465 g/mol. The second-order valence-electron chi connectivity index (χ2n) is 8.38. The molecule has 6 heteroatoms. The minimum atomic E-state index is -1.28. The van der Waals surface area contributed by atoms with Crippen molar-refractivity contribution in [3.05, 3.63) is 119 Å². The molecule has 0 N–H and O–H groups in total. The van der Waals surface area contributed by atoms with Gasteiger partial charge >= 0.3 is 5.97 Å². The quantitative estimate of drug-likeness (QED) is 0.159. The van der Waals surface area contributed by atoms with E-state index in [2.05, 4.69) is 0 Å². The van der Waals surface area contributed by atoms with Gasteiger partial charge in [-0.1, -0.05) is 66.7 Å². The van der Waals surface area contributed by atoms with Crippen LogP contribution in [0.15, 0.2) is 84.9 Å². The van der Waals surface area contributed by atoms with E-state index in [-0.39, 0.29) is 23.2 Å². The van der Waals surface area contributed by atoms with Gasteiger partial charge in [0.1, 0.15) is 17.7 Å². The van der Waals surface area contributed by atoms with Crippen molar-refractivity contribution in [2.45, 2.75) is 13.0 Å². The molecule has 0 bridgehead atoms. The van der Waals surface area contributed by atoms with E-state index in [1.807, 2.05) is 19.1 Å². The number of esters is 1. The van der Waals surface area contributed by atoms with E-state index < -0.39 is 23.2 Å². The maximum atomic E-state index is 14.8. The minimum Gasteiger partial charge on any atom is -0.423 e. The van der Waals surface area contributed by atoms with Gasteiger partial charge in [0.2, 0.25) is 0 Å². The maximum Gasteiger partial charge on any atom is 0.346 e. The highest BCUT2D eigenvalue weighted by molar-refractivity contribution is 5.92. The SMILES string of the molecule is C/C=C/c1ccc(-c2ccc(C(=O)Oc3ccc(-c4ccc(C5CO5)c(F)c4)cc3)c(F)c2F)cc1. The minimum absolute atomic E-state index is 0.0481. The first-order valence-electron chi connectivity index (χ1n) is 11.4. The van der Waals surface area contributed by atoms with Gasteiger partial charge in [-0.05, 0) is 53.4 Å². The fourth-order valence-corrected chi connectivity index (χ4v) is 3.97. The molecule has 0 aromatic heterocycles. The zero-order valence-electron chi connectivity index (χ0n) is 19.3. The molecular formula is C30H21F3O3. The number of epoxide rings is 1. The Hall–Kier alpha value is -4.16. The molecule has 1 fully saturated rings. The average molecular weight is 486 g/mol. The summed E-state index contributed by atoms with van der Waals surface area (Å²) in [5.41, 5.74) is 2.84. The molecule has 0 spiro atoms. The molecule has 1 atom stereocenters. The number of benzene rings is 4. The first-order valence-corrected chi connectivity index (χ1v) is 11.4. The Morgan fingerprint density at radius 1 is 0.861 bits per heavy atom. The summed E-state index contributed by atoms with van der Waals surface area (Å²) in [7, 11) is 0. The van der Waals surface area contributed by atoms with Crippen LogP contribution < -0.4 is 4.74 Å². The van der Waals surface area contributed by atoms with Crippen molar-refractivity contribution < 1.29 is 27.4 Å². The molecule has 4 aromatic rings. The summed E-state index contributed by atoms with van der Waals surface area (Å²) in [4.78, 5) is 12.6. The van der Waals surface area contributed by atoms with Crippen molar-refractivity contribution in [1.29, 1.82) is 0 Å². The van der Waals surface area contributed by atoms with Gasteiger partial charge in [0.05, 0.1) is 12.2 Å². The third-order valence-electron chi connectivity index (χ3n) is 5.96. The number of allylic oxidation sites excluding steroid dienone is 1. The lowest BCUT2D eigenvalue weighted by atomic mass is 10.0. The van der Waals surface area contributed by atoms with Gasteiger partial charge in [-0.2, -0.15) is 0 Å². The zero-order chi connectivity index (χ0) is 25.2. The lowest BCUT2D eigenvalue weighted by Gasteiger charge is -2.10. The van der Waals surface area contributed by atoms with Crippen molar-refractivity contribution >= 4 is 12.0 Å². The number of halogens is 3. The van der Waals surface area contributed by atoms with E-state index in [0.29, 0.717) is 28.9 Å². The first-order chi connectivity index (χ1) is 17.4. The molecule has 1 aliphatic rings. The summed E-state index contributed by atoms with van der Waals surface area (Å²) in [5.74, 6) is -3.62. The summed E-state index contributed by atoms with van der Waals surface area (Å²) >= 11 is 0. The Balaban J connectivity index is 1.31. The molecule has 1 heterocycles. The fraction of sp³-hybridized carbons (Fsp3) is 0.100. The number of rotatable bonds is 6.